The van der Waals surface area contributed by atoms with Gasteiger partial charge in [-0.05, 0) is 68.6 Å². The van der Waals surface area contributed by atoms with Crippen molar-refractivity contribution in [3.8, 4) is 5.88 Å². The predicted octanol–water partition coefficient (Wildman–Crippen LogP) is 4.24. The second-order valence-corrected chi connectivity index (χ2v) is 9.74. The lowest BCUT2D eigenvalue weighted by Crippen LogP contribution is -2.70. The van der Waals surface area contributed by atoms with Crippen molar-refractivity contribution in [1.82, 2.24) is 20.6 Å². The Morgan fingerprint density at radius 3 is 2.35 bits per heavy atom. The number of benzene rings is 1. The number of hydrogen-bond donors (Lipinski definition) is 2. The van der Waals surface area contributed by atoms with Crippen LogP contribution in [-0.4, -0.2) is 33.0 Å². The number of alkyl halides is 3. The zero-order valence-electron chi connectivity index (χ0n) is 18.0. The number of nitrogens with zero attached hydrogens (tertiary/aromatic N) is 2. The summed E-state index contributed by atoms with van der Waals surface area (Å²) in [5.41, 5.74) is -2.26. The molecule has 1 aromatic carbocycles. The largest absolute Gasteiger partial charge is 0.435 e. The van der Waals surface area contributed by atoms with Crippen LogP contribution < -0.4 is 15.4 Å². The quantitative estimate of drug-likeness (QED) is 0.642. The zero-order valence-corrected chi connectivity index (χ0v) is 18.0. The average molecular weight is 478 g/mol. The van der Waals surface area contributed by atoms with Crippen LogP contribution in [0.1, 0.15) is 54.6 Å². The average Bonchev–Trinajstić information content (AvgIpc) is 2.71. The molecule has 2 aromatic rings. The summed E-state index contributed by atoms with van der Waals surface area (Å²) in [6.45, 7) is 0. The lowest BCUT2D eigenvalue weighted by atomic mass is 9.50. The highest BCUT2D eigenvalue weighted by atomic mass is 19.4. The molecule has 7 nitrogen and oxygen atoms in total. The number of nitrogens with one attached hydrogen (secondary N) is 2. The SMILES string of the molecule is O=C(NC12CC3CC(C1)CC(NC(=O)c1cccc(F)c1)(C3)C2)Oc1cncc(C(F)(F)F)n1. The molecule has 0 spiro atoms. The van der Waals surface area contributed by atoms with Gasteiger partial charge in [-0.3, -0.25) is 9.78 Å². The first-order valence-electron chi connectivity index (χ1n) is 11.0. The Kier molecular flexibility index (Phi) is 5.25. The molecule has 4 aliphatic rings. The number of rotatable bonds is 4. The molecule has 2 atom stereocenters. The monoisotopic (exact) mass is 478 g/mol. The van der Waals surface area contributed by atoms with E-state index in [1.54, 1.807) is 6.07 Å². The summed E-state index contributed by atoms with van der Waals surface area (Å²) in [7, 11) is 0. The highest BCUT2D eigenvalue weighted by Gasteiger charge is 2.59. The van der Waals surface area contributed by atoms with E-state index in [-0.39, 0.29) is 23.3 Å². The summed E-state index contributed by atoms with van der Waals surface area (Å²) < 4.78 is 57.2. The fourth-order valence-electron chi connectivity index (χ4n) is 6.37. The minimum absolute atomic E-state index is 0.222. The zero-order chi connectivity index (χ0) is 24.1. The molecule has 1 heterocycles. The standard InChI is InChI=1S/C23H22F4N4O3/c24-16-3-1-2-15(5-16)19(32)30-21-6-13-4-14(7-21)9-22(8-13,12-21)31-20(33)34-18-11-28-10-17(29-18)23(25,26)27/h1-3,5,10-11,13-14H,4,6-9,12H2,(H,30,32)(H,31,33). The van der Waals surface area contributed by atoms with Crippen molar-refractivity contribution in [3.05, 3.63) is 53.7 Å². The van der Waals surface area contributed by atoms with Crippen molar-refractivity contribution < 1.29 is 31.9 Å². The van der Waals surface area contributed by atoms with Crippen molar-refractivity contribution in [1.29, 1.82) is 0 Å². The van der Waals surface area contributed by atoms with Gasteiger partial charge in [0.05, 0.1) is 12.4 Å². The van der Waals surface area contributed by atoms with Crippen LogP contribution in [0.2, 0.25) is 0 Å². The molecular formula is C23H22F4N4O3. The molecular weight excluding hydrogens is 456 g/mol. The first-order chi connectivity index (χ1) is 16.0. The minimum Gasteiger partial charge on any atom is -0.390 e. The molecule has 4 bridgehead atoms. The van der Waals surface area contributed by atoms with Gasteiger partial charge in [0.25, 0.3) is 5.91 Å². The lowest BCUT2D eigenvalue weighted by Gasteiger charge is -2.62. The van der Waals surface area contributed by atoms with Gasteiger partial charge in [-0.25, -0.2) is 14.2 Å². The van der Waals surface area contributed by atoms with E-state index >= 15 is 0 Å². The van der Waals surface area contributed by atoms with E-state index in [4.69, 9.17) is 4.74 Å². The maximum absolute atomic E-state index is 13.6. The Morgan fingerprint density at radius 2 is 1.71 bits per heavy atom. The third-order valence-electron chi connectivity index (χ3n) is 6.99. The summed E-state index contributed by atoms with van der Waals surface area (Å²) in [6.07, 6.45) is 0.174. The second-order valence-electron chi connectivity index (χ2n) is 9.74. The van der Waals surface area contributed by atoms with Crippen LogP contribution in [0.15, 0.2) is 36.7 Å². The van der Waals surface area contributed by atoms with Gasteiger partial charge >= 0.3 is 12.3 Å². The molecule has 1 aromatic heterocycles. The maximum atomic E-state index is 13.6. The molecule has 34 heavy (non-hydrogen) atoms. The molecule has 0 aliphatic heterocycles. The number of amides is 2. The molecule has 0 radical (unpaired) electrons. The van der Waals surface area contributed by atoms with Gasteiger partial charge in [0.2, 0.25) is 5.88 Å². The van der Waals surface area contributed by atoms with E-state index in [1.165, 1.54) is 18.2 Å². The van der Waals surface area contributed by atoms with Gasteiger partial charge in [-0.15, -0.1) is 0 Å². The predicted molar refractivity (Wildman–Crippen MR) is 110 cm³/mol. The van der Waals surface area contributed by atoms with E-state index in [9.17, 15) is 27.2 Å². The lowest BCUT2D eigenvalue weighted by molar-refractivity contribution is -0.141. The number of halogens is 4. The van der Waals surface area contributed by atoms with Gasteiger partial charge in [-0.2, -0.15) is 13.2 Å². The summed E-state index contributed by atoms with van der Waals surface area (Å²) in [5, 5.41) is 5.95. The smallest absolute Gasteiger partial charge is 0.390 e. The van der Waals surface area contributed by atoms with E-state index in [0.717, 1.165) is 25.5 Å². The summed E-state index contributed by atoms with van der Waals surface area (Å²) in [4.78, 5) is 32.3. The van der Waals surface area contributed by atoms with Gasteiger partial charge in [-0.1, -0.05) is 6.07 Å². The van der Waals surface area contributed by atoms with Crippen molar-refractivity contribution in [2.75, 3.05) is 0 Å². The topological polar surface area (TPSA) is 93.2 Å². The van der Waals surface area contributed by atoms with Gasteiger partial charge in [0.15, 0.2) is 5.69 Å². The Labute approximate surface area is 192 Å². The fraction of sp³-hybridized carbons (Fsp3) is 0.478. The van der Waals surface area contributed by atoms with Gasteiger partial charge in [0.1, 0.15) is 5.82 Å². The highest BCUT2D eigenvalue weighted by Crippen LogP contribution is 2.57. The van der Waals surface area contributed by atoms with E-state index in [1.807, 2.05) is 0 Å². The van der Waals surface area contributed by atoms with Gasteiger partial charge < -0.3 is 15.4 Å². The Hall–Kier alpha value is -3.24. The molecule has 2 amide bonds. The summed E-state index contributed by atoms with van der Waals surface area (Å²) >= 11 is 0. The fourth-order valence-corrected chi connectivity index (χ4v) is 6.37. The van der Waals surface area contributed by atoms with Crippen LogP contribution in [0.5, 0.6) is 5.88 Å². The van der Waals surface area contributed by atoms with Crippen molar-refractivity contribution in [2.24, 2.45) is 11.8 Å². The minimum atomic E-state index is -4.71. The third-order valence-corrected chi connectivity index (χ3v) is 6.99. The Bertz CT molecular complexity index is 1130. The van der Waals surface area contributed by atoms with Crippen LogP contribution in [0.25, 0.3) is 0 Å². The second kappa shape index (κ2) is 7.92. The van der Waals surface area contributed by atoms with Crippen molar-refractivity contribution >= 4 is 12.0 Å². The van der Waals surface area contributed by atoms with E-state index in [2.05, 4.69) is 20.6 Å². The maximum Gasteiger partial charge on any atom is 0.435 e. The van der Waals surface area contributed by atoms with Crippen LogP contribution in [0, 0.1) is 17.7 Å². The Balaban J connectivity index is 1.31. The van der Waals surface area contributed by atoms with Crippen molar-refractivity contribution in [2.45, 2.75) is 55.8 Å². The summed E-state index contributed by atoms with van der Waals surface area (Å²) in [6, 6.07) is 5.46. The number of aromatic nitrogens is 2. The van der Waals surface area contributed by atoms with E-state index in [0.29, 0.717) is 25.5 Å². The molecule has 4 saturated carbocycles. The molecule has 180 valence electrons. The molecule has 6 rings (SSSR count). The first kappa shape index (κ1) is 22.5. The Morgan fingerprint density at radius 1 is 1.03 bits per heavy atom. The molecule has 2 N–H and O–H groups in total. The van der Waals surface area contributed by atoms with Crippen molar-refractivity contribution in [3.63, 3.8) is 0 Å². The number of carbonyl (C=O) groups is 2. The van der Waals surface area contributed by atoms with Crippen LogP contribution >= 0.6 is 0 Å². The van der Waals surface area contributed by atoms with Crippen LogP contribution in [0.4, 0.5) is 22.4 Å². The first-order valence-corrected chi connectivity index (χ1v) is 11.0. The summed E-state index contributed by atoms with van der Waals surface area (Å²) in [5.74, 6) is -0.897. The number of hydrogen-bond acceptors (Lipinski definition) is 5. The molecule has 4 aliphatic carbocycles. The molecule has 4 fully saturated rings. The number of carbonyl (C=O) groups excluding carboxylic acids is 2. The molecule has 11 heteroatoms. The molecule has 0 saturated heterocycles. The number of ether oxygens (including phenoxy) is 1. The van der Waals surface area contributed by atoms with Crippen LogP contribution in [0.3, 0.4) is 0 Å². The normalized spacial score (nSPS) is 29.5. The van der Waals surface area contributed by atoms with Gasteiger partial charge in [0, 0.05) is 16.6 Å². The highest BCUT2D eigenvalue weighted by molar-refractivity contribution is 5.94. The third kappa shape index (κ3) is 4.43. The molecule has 2 unspecified atom stereocenters. The van der Waals surface area contributed by atoms with Crippen LogP contribution in [-0.2, 0) is 6.18 Å². The van der Waals surface area contributed by atoms with E-state index < -0.39 is 40.7 Å².